The molecule has 0 atom stereocenters. The smallest absolute Gasteiger partial charge is 0.106 e. The molecule has 0 aromatic carbocycles. The molecule has 1 saturated heterocycles. The van der Waals surface area contributed by atoms with E-state index in [1.54, 1.807) is 5.69 Å². The molecule has 16 heavy (non-hydrogen) atoms. The molecule has 1 N–H and O–H groups in total. The number of hydrogen-bond acceptors (Lipinski definition) is 2. The van der Waals surface area contributed by atoms with Crippen LogP contribution in [0.4, 0.5) is 0 Å². The fourth-order valence-corrected chi connectivity index (χ4v) is 3.18. The second-order valence-corrected chi connectivity index (χ2v) is 5.12. The lowest BCUT2D eigenvalue weighted by atomic mass is 9.91. The number of imidazole rings is 1. The predicted molar refractivity (Wildman–Crippen MR) is 64.7 cm³/mol. The van der Waals surface area contributed by atoms with Crippen LogP contribution < -0.4 is 5.32 Å². The van der Waals surface area contributed by atoms with Crippen LogP contribution in [0.5, 0.6) is 0 Å². The summed E-state index contributed by atoms with van der Waals surface area (Å²) in [4.78, 5) is 4.85. The number of aromatic nitrogens is 2. The minimum Gasteiger partial charge on any atom is -0.332 e. The van der Waals surface area contributed by atoms with E-state index in [1.165, 1.54) is 50.2 Å². The molecule has 0 aliphatic carbocycles. The lowest BCUT2D eigenvalue weighted by Gasteiger charge is -2.24. The summed E-state index contributed by atoms with van der Waals surface area (Å²) >= 11 is 0. The van der Waals surface area contributed by atoms with Crippen LogP contribution in [0.25, 0.3) is 0 Å². The summed E-state index contributed by atoms with van der Waals surface area (Å²) in [6.07, 6.45) is 6.46. The number of hydrogen-bond donors (Lipinski definition) is 1. The van der Waals surface area contributed by atoms with Gasteiger partial charge in [-0.25, -0.2) is 4.98 Å². The normalized spacial score (nSPS) is 22.1. The van der Waals surface area contributed by atoms with Crippen molar-refractivity contribution in [2.24, 2.45) is 0 Å². The van der Waals surface area contributed by atoms with Crippen LogP contribution in [0.2, 0.25) is 0 Å². The van der Waals surface area contributed by atoms with Crippen LogP contribution in [0.3, 0.4) is 0 Å². The van der Waals surface area contributed by atoms with E-state index in [-0.39, 0.29) is 0 Å². The van der Waals surface area contributed by atoms with E-state index < -0.39 is 0 Å². The summed E-state index contributed by atoms with van der Waals surface area (Å²) in [6.45, 7) is 5.69. The molecule has 0 spiro atoms. The number of nitrogens with zero attached hydrogens (tertiary/aromatic N) is 2. The fraction of sp³-hybridized carbons (Fsp3) is 0.769. The summed E-state index contributed by atoms with van der Waals surface area (Å²) in [5.74, 6) is 1.96. The van der Waals surface area contributed by atoms with Crippen LogP contribution in [-0.4, -0.2) is 22.6 Å². The molecule has 1 aromatic heterocycles. The molecule has 88 valence electrons. The molecule has 1 aromatic rings. The minimum atomic E-state index is 0.717. The largest absolute Gasteiger partial charge is 0.332 e. The number of piperidine rings is 1. The topological polar surface area (TPSA) is 29.9 Å². The van der Waals surface area contributed by atoms with Crippen LogP contribution in [0.1, 0.15) is 48.8 Å². The summed E-state index contributed by atoms with van der Waals surface area (Å²) < 4.78 is 2.46. The highest BCUT2D eigenvalue weighted by Crippen LogP contribution is 2.30. The predicted octanol–water partition coefficient (Wildman–Crippen LogP) is 1.99. The third-order valence-electron chi connectivity index (χ3n) is 4.07. The van der Waals surface area contributed by atoms with Gasteiger partial charge in [0.25, 0.3) is 0 Å². The Morgan fingerprint density at radius 2 is 2.06 bits per heavy atom. The second kappa shape index (κ2) is 4.21. The van der Waals surface area contributed by atoms with Gasteiger partial charge in [0.2, 0.25) is 0 Å². The van der Waals surface area contributed by atoms with Crippen LogP contribution in [-0.2, 0) is 13.0 Å². The average Bonchev–Trinajstić information content (AvgIpc) is 2.69. The van der Waals surface area contributed by atoms with Gasteiger partial charge in [-0.15, -0.1) is 0 Å². The van der Waals surface area contributed by atoms with Gasteiger partial charge in [0, 0.05) is 18.2 Å². The first-order chi connectivity index (χ1) is 7.86. The molecule has 2 aliphatic heterocycles. The van der Waals surface area contributed by atoms with E-state index in [1.807, 2.05) is 0 Å². The van der Waals surface area contributed by atoms with Crippen molar-refractivity contribution < 1.29 is 0 Å². The van der Waals surface area contributed by atoms with Crippen LogP contribution in [0, 0.1) is 6.92 Å². The Hall–Kier alpha value is -0.830. The number of aryl methyl sites for hydroxylation is 1. The van der Waals surface area contributed by atoms with E-state index in [2.05, 4.69) is 16.8 Å². The third kappa shape index (κ3) is 1.67. The van der Waals surface area contributed by atoms with Gasteiger partial charge in [-0.05, 0) is 52.1 Å². The van der Waals surface area contributed by atoms with Gasteiger partial charge in [0.05, 0.1) is 5.69 Å². The molecule has 0 bridgehead atoms. The Morgan fingerprint density at radius 1 is 1.25 bits per heavy atom. The molecule has 3 heterocycles. The van der Waals surface area contributed by atoms with Crippen molar-refractivity contribution in [2.45, 2.75) is 51.5 Å². The van der Waals surface area contributed by atoms with Crippen molar-refractivity contribution in [1.82, 2.24) is 14.9 Å². The molecule has 0 unspecified atom stereocenters. The van der Waals surface area contributed by atoms with Gasteiger partial charge >= 0.3 is 0 Å². The molecule has 3 rings (SSSR count). The maximum absolute atomic E-state index is 4.85. The van der Waals surface area contributed by atoms with E-state index in [0.717, 1.165) is 13.1 Å². The fourth-order valence-electron chi connectivity index (χ4n) is 3.18. The number of rotatable bonds is 1. The lowest BCUT2D eigenvalue weighted by Crippen LogP contribution is -2.27. The average molecular weight is 219 g/mol. The van der Waals surface area contributed by atoms with E-state index >= 15 is 0 Å². The van der Waals surface area contributed by atoms with Crippen LogP contribution >= 0.6 is 0 Å². The summed E-state index contributed by atoms with van der Waals surface area (Å²) in [5, 5.41) is 3.44. The van der Waals surface area contributed by atoms with Gasteiger partial charge in [-0.2, -0.15) is 0 Å². The summed E-state index contributed by atoms with van der Waals surface area (Å²) in [7, 11) is 0. The highest BCUT2D eigenvalue weighted by atomic mass is 15.1. The molecular formula is C13H21N3. The van der Waals surface area contributed by atoms with Gasteiger partial charge in [-0.1, -0.05) is 0 Å². The molecule has 3 heteroatoms. The van der Waals surface area contributed by atoms with Gasteiger partial charge in [-0.3, -0.25) is 0 Å². The molecule has 2 aliphatic rings. The van der Waals surface area contributed by atoms with Crippen molar-refractivity contribution in [1.29, 1.82) is 0 Å². The summed E-state index contributed by atoms with van der Waals surface area (Å²) in [5.41, 5.74) is 2.98. The number of fused-ring (bicyclic) bond motifs is 1. The Morgan fingerprint density at radius 3 is 2.88 bits per heavy atom. The maximum Gasteiger partial charge on any atom is 0.106 e. The Balaban J connectivity index is 1.93. The maximum atomic E-state index is 4.85. The number of nitrogens with one attached hydrogen (secondary N) is 1. The van der Waals surface area contributed by atoms with Crippen molar-refractivity contribution in [3.8, 4) is 0 Å². The molecule has 3 nitrogen and oxygen atoms in total. The van der Waals surface area contributed by atoms with E-state index in [9.17, 15) is 0 Å². The van der Waals surface area contributed by atoms with Crippen molar-refractivity contribution in [3.05, 3.63) is 17.2 Å². The van der Waals surface area contributed by atoms with Gasteiger partial charge in [0.1, 0.15) is 5.82 Å². The lowest BCUT2D eigenvalue weighted by molar-refractivity contribution is 0.446. The van der Waals surface area contributed by atoms with Gasteiger partial charge in [0.15, 0.2) is 0 Å². The first-order valence-corrected chi connectivity index (χ1v) is 6.63. The quantitative estimate of drug-likeness (QED) is 0.783. The monoisotopic (exact) mass is 219 g/mol. The molecule has 0 saturated carbocycles. The zero-order valence-electron chi connectivity index (χ0n) is 10.1. The van der Waals surface area contributed by atoms with E-state index in [4.69, 9.17) is 4.98 Å². The molecule has 0 radical (unpaired) electrons. The molecule has 0 amide bonds. The first-order valence-electron chi connectivity index (χ1n) is 6.63. The Bertz CT molecular complexity index is 375. The van der Waals surface area contributed by atoms with Crippen molar-refractivity contribution >= 4 is 0 Å². The third-order valence-corrected chi connectivity index (χ3v) is 4.07. The Kier molecular flexibility index (Phi) is 2.72. The van der Waals surface area contributed by atoms with Gasteiger partial charge < -0.3 is 9.88 Å². The standard InChI is InChI=1S/C13H21N3/c1-10-15-13(11-5-7-14-8-6-11)12-4-2-3-9-16(10)12/h11,14H,2-9H2,1H3. The first kappa shape index (κ1) is 10.3. The molecule has 1 fully saturated rings. The van der Waals surface area contributed by atoms with E-state index in [0.29, 0.717) is 5.92 Å². The minimum absolute atomic E-state index is 0.717. The zero-order chi connectivity index (χ0) is 11.0. The highest BCUT2D eigenvalue weighted by molar-refractivity contribution is 5.23. The Labute approximate surface area is 97.3 Å². The van der Waals surface area contributed by atoms with Crippen LogP contribution in [0.15, 0.2) is 0 Å². The summed E-state index contributed by atoms with van der Waals surface area (Å²) in [6, 6.07) is 0. The zero-order valence-corrected chi connectivity index (χ0v) is 10.1. The second-order valence-electron chi connectivity index (χ2n) is 5.12. The SMILES string of the molecule is Cc1nc(C2CCNCC2)c2n1CCCC2. The highest BCUT2D eigenvalue weighted by Gasteiger charge is 2.25. The van der Waals surface area contributed by atoms with Crippen molar-refractivity contribution in [2.75, 3.05) is 13.1 Å². The van der Waals surface area contributed by atoms with Crippen molar-refractivity contribution in [3.63, 3.8) is 0 Å². The molecular weight excluding hydrogens is 198 g/mol.